The first kappa shape index (κ1) is 15.1. The number of aromatic amines is 1. The summed E-state index contributed by atoms with van der Waals surface area (Å²) in [6.45, 7) is 4.11. The second-order valence-electron chi connectivity index (χ2n) is 5.95. The summed E-state index contributed by atoms with van der Waals surface area (Å²) in [6.07, 6.45) is 4.00. The molecule has 4 rings (SSSR count). The van der Waals surface area contributed by atoms with Crippen LogP contribution in [0.15, 0.2) is 48.1 Å². The lowest BCUT2D eigenvalue weighted by Gasteiger charge is -2.23. The monoisotopic (exact) mass is 336 g/mol. The van der Waals surface area contributed by atoms with Crippen molar-refractivity contribution in [3.05, 3.63) is 53.0 Å². The van der Waals surface area contributed by atoms with Gasteiger partial charge in [-0.25, -0.2) is 9.97 Å². The highest BCUT2D eigenvalue weighted by Crippen LogP contribution is 2.30. The third kappa shape index (κ3) is 2.76. The van der Waals surface area contributed by atoms with Gasteiger partial charge in [0.05, 0.1) is 6.54 Å². The lowest BCUT2D eigenvalue weighted by Crippen LogP contribution is -2.24. The van der Waals surface area contributed by atoms with Gasteiger partial charge in [0.15, 0.2) is 5.82 Å². The summed E-state index contributed by atoms with van der Waals surface area (Å²) in [4.78, 5) is 16.4. The fourth-order valence-electron chi connectivity index (χ4n) is 3.07. The Morgan fingerprint density at radius 2 is 2.04 bits per heavy atom. The molecule has 0 aliphatic heterocycles. The van der Waals surface area contributed by atoms with Crippen molar-refractivity contribution >= 4 is 39.1 Å². The van der Waals surface area contributed by atoms with E-state index in [0.29, 0.717) is 0 Å². The van der Waals surface area contributed by atoms with Crippen LogP contribution in [0.2, 0.25) is 0 Å². The molecule has 1 N–H and O–H groups in total. The van der Waals surface area contributed by atoms with Crippen LogP contribution in [0.4, 0.5) is 5.82 Å². The average Bonchev–Trinajstić information content (AvgIpc) is 3.25. The number of nitrogens with one attached hydrogen (secondary N) is 1. The predicted octanol–water partition coefficient (Wildman–Crippen LogP) is 4.98. The fraction of sp³-hybridized carbons (Fsp3) is 0.263. The molecule has 0 unspecified atom stereocenters. The molecule has 1 aromatic carbocycles. The van der Waals surface area contributed by atoms with Crippen LogP contribution in [0.1, 0.15) is 24.6 Å². The first-order valence-corrected chi connectivity index (χ1v) is 9.23. The number of hydrogen-bond acceptors (Lipinski definition) is 4. The first-order chi connectivity index (χ1) is 11.9. The third-order valence-corrected chi connectivity index (χ3v) is 5.14. The number of unbranched alkanes of at least 4 members (excludes halogenated alkanes) is 1. The van der Waals surface area contributed by atoms with Crippen molar-refractivity contribution in [2.24, 2.45) is 0 Å². The minimum atomic E-state index is 0.888. The number of fused-ring (bicyclic) bond motifs is 3. The van der Waals surface area contributed by atoms with E-state index in [0.717, 1.165) is 47.3 Å². The van der Waals surface area contributed by atoms with Gasteiger partial charge in [-0.3, -0.25) is 0 Å². The second kappa shape index (κ2) is 6.61. The quantitative estimate of drug-likeness (QED) is 0.540. The Bertz CT molecular complexity index is 942. The van der Waals surface area contributed by atoms with Crippen LogP contribution in [0.3, 0.4) is 0 Å². The maximum atomic E-state index is 4.62. The topological polar surface area (TPSA) is 44.8 Å². The van der Waals surface area contributed by atoms with Gasteiger partial charge in [-0.05, 0) is 23.9 Å². The van der Waals surface area contributed by atoms with Crippen LogP contribution >= 0.6 is 11.3 Å². The summed E-state index contributed by atoms with van der Waals surface area (Å²) in [5, 5.41) is 3.29. The number of rotatable bonds is 6. The van der Waals surface area contributed by atoms with Crippen LogP contribution in [0.5, 0.6) is 0 Å². The Kier molecular flexibility index (Phi) is 4.17. The van der Waals surface area contributed by atoms with Crippen molar-refractivity contribution in [2.45, 2.75) is 26.3 Å². The van der Waals surface area contributed by atoms with Gasteiger partial charge in [-0.15, -0.1) is 11.3 Å². The molecule has 24 heavy (non-hydrogen) atoms. The van der Waals surface area contributed by atoms with Gasteiger partial charge in [-0.2, -0.15) is 0 Å². The highest BCUT2D eigenvalue weighted by molar-refractivity contribution is 7.09. The molecule has 3 heterocycles. The fourth-order valence-corrected chi connectivity index (χ4v) is 3.79. The van der Waals surface area contributed by atoms with Crippen molar-refractivity contribution in [3.8, 4) is 0 Å². The smallest absolute Gasteiger partial charge is 0.156 e. The van der Waals surface area contributed by atoms with Crippen molar-refractivity contribution in [1.29, 1.82) is 0 Å². The molecule has 0 radical (unpaired) electrons. The van der Waals surface area contributed by atoms with Gasteiger partial charge in [0.2, 0.25) is 0 Å². The minimum Gasteiger partial charge on any atom is -0.350 e. The van der Waals surface area contributed by atoms with E-state index in [4.69, 9.17) is 0 Å². The summed E-state index contributed by atoms with van der Waals surface area (Å²) in [6, 6.07) is 12.6. The van der Waals surface area contributed by atoms with Crippen molar-refractivity contribution in [3.63, 3.8) is 0 Å². The molecule has 0 atom stereocenters. The molecule has 0 saturated carbocycles. The molecule has 0 amide bonds. The number of nitrogens with zero attached hydrogens (tertiary/aromatic N) is 3. The van der Waals surface area contributed by atoms with Crippen molar-refractivity contribution in [2.75, 3.05) is 11.4 Å². The summed E-state index contributed by atoms with van der Waals surface area (Å²) in [5.41, 5.74) is 3.15. The van der Waals surface area contributed by atoms with Gasteiger partial charge in [0.1, 0.15) is 17.4 Å². The summed E-state index contributed by atoms with van der Waals surface area (Å²) >= 11 is 1.79. The van der Waals surface area contributed by atoms with Gasteiger partial charge in [0, 0.05) is 22.3 Å². The second-order valence-corrected chi connectivity index (χ2v) is 6.98. The molecule has 0 aliphatic rings. The van der Waals surface area contributed by atoms with Gasteiger partial charge >= 0.3 is 0 Å². The Labute approximate surface area is 145 Å². The lowest BCUT2D eigenvalue weighted by atomic mass is 10.2. The Morgan fingerprint density at radius 1 is 1.12 bits per heavy atom. The maximum Gasteiger partial charge on any atom is 0.156 e. The van der Waals surface area contributed by atoms with E-state index in [9.17, 15) is 0 Å². The van der Waals surface area contributed by atoms with Crippen molar-refractivity contribution in [1.82, 2.24) is 15.0 Å². The predicted molar refractivity (Wildman–Crippen MR) is 102 cm³/mol. The molecule has 3 aromatic heterocycles. The molecule has 0 aliphatic carbocycles. The average molecular weight is 336 g/mol. The number of thiophene rings is 1. The van der Waals surface area contributed by atoms with Crippen LogP contribution in [0, 0.1) is 0 Å². The molecule has 4 nitrogen and oxygen atoms in total. The molecular weight excluding hydrogens is 316 g/mol. The lowest BCUT2D eigenvalue weighted by molar-refractivity contribution is 0.713. The number of benzene rings is 1. The number of H-pyrrole nitrogens is 1. The van der Waals surface area contributed by atoms with Crippen LogP contribution < -0.4 is 4.90 Å². The normalized spacial score (nSPS) is 11.4. The minimum absolute atomic E-state index is 0.888. The first-order valence-electron chi connectivity index (χ1n) is 8.35. The zero-order valence-electron chi connectivity index (χ0n) is 13.7. The molecule has 0 spiro atoms. The summed E-state index contributed by atoms with van der Waals surface area (Å²) in [5.74, 6) is 0.998. The standard InChI is InChI=1S/C19H20N4S/c1-2-3-10-23(12-14-7-6-11-24-14)19-18-17(20-13-21-19)15-8-4-5-9-16(15)22-18/h4-9,11,13,22H,2-3,10,12H2,1H3. The van der Waals surface area contributed by atoms with Crippen LogP contribution in [-0.4, -0.2) is 21.5 Å². The van der Waals surface area contributed by atoms with Crippen LogP contribution in [0.25, 0.3) is 21.9 Å². The summed E-state index contributed by atoms with van der Waals surface area (Å²) in [7, 11) is 0. The Hall–Kier alpha value is -2.40. The third-order valence-electron chi connectivity index (χ3n) is 4.28. The number of anilines is 1. The van der Waals surface area contributed by atoms with Gasteiger partial charge in [0.25, 0.3) is 0 Å². The zero-order chi connectivity index (χ0) is 16.4. The molecule has 122 valence electrons. The number of para-hydroxylation sites is 1. The molecule has 0 saturated heterocycles. The number of hydrogen-bond donors (Lipinski definition) is 1. The van der Waals surface area contributed by atoms with E-state index in [1.165, 1.54) is 11.3 Å². The molecular formula is C19H20N4S. The Balaban J connectivity index is 1.81. The zero-order valence-corrected chi connectivity index (χ0v) is 14.5. The van der Waals surface area contributed by atoms with Gasteiger partial charge in [-0.1, -0.05) is 37.6 Å². The van der Waals surface area contributed by atoms with E-state index in [1.807, 2.05) is 6.07 Å². The highest BCUT2D eigenvalue weighted by Gasteiger charge is 2.16. The van der Waals surface area contributed by atoms with E-state index in [-0.39, 0.29) is 0 Å². The van der Waals surface area contributed by atoms with E-state index < -0.39 is 0 Å². The SMILES string of the molecule is CCCCN(Cc1cccs1)c1ncnc2c1[nH]c1ccccc12. The Morgan fingerprint density at radius 3 is 2.88 bits per heavy atom. The van der Waals surface area contributed by atoms with E-state index >= 15 is 0 Å². The van der Waals surface area contributed by atoms with E-state index in [1.54, 1.807) is 17.7 Å². The molecule has 5 heteroatoms. The summed E-state index contributed by atoms with van der Waals surface area (Å²) < 4.78 is 0. The van der Waals surface area contributed by atoms with Gasteiger partial charge < -0.3 is 9.88 Å². The molecule has 4 aromatic rings. The largest absolute Gasteiger partial charge is 0.350 e. The number of aromatic nitrogens is 3. The highest BCUT2D eigenvalue weighted by atomic mass is 32.1. The van der Waals surface area contributed by atoms with Crippen LogP contribution in [-0.2, 0) is 6.54 Å². The molecule has 0 fully saturated rings. The van der Waals surface area contributed by atoms with Crippen molar-refractivity contribution < 1.29 is 0 Å². The molecule has 0 bridgehead atoms. The maximum absolute atomic E-state index is 4.62. The van der Waals surface area contributed by atoms with E-state index in [2.05, 4.69) is 62.5 Å².